The van der Waals surface area contributed by atoms with Crippen LogP contribution in [0.1, 0.15) is 25.7 Å². The van der Waals surface area contributed by atoms with Crippen LogP contribution in [0.2, 0.25) is 0 Å². The maximum atomic E-state index is 6.04. The van der Waals surface area contributed by atoms with Crippen molar-refractivity contribution in [2.24, 2.45) is 5.73 Å². The Bertz CT molecular complexity index is 1110. The molecule has 0 radical (unpaired) electrons. The third kappa shape index (κ3) is 4.00. The highest BCUT2D eigenvalue weighted by atomic mass is 15.3. The number of hydrogen-bond acceptors (Lipinski definition) is 5. The molecule has 30 heavy (non-hydrogen) atoms. The van der Waals surface area contributed by atoms with E-state index < -0.39 is 0 Å². The molecule has 4 N–H and O–H groups in total. The SMILES string of the molecule is NC1CCC(Nc2cc(Nc3ccc(-c4ccccc4)cc3)c3nccn3n2)CC1. The van der Waals surface area contributed by atoms with E-state index in [0.29, 0.717) is 12.1 Å². The molecule has 1 fully saturated rings. The van der Waals surface area contributed by atoms with Gasteiger partial charge in [-0.3, -0.25) is 0 Å². The normalized spacial score (nSPS) is 19.0. The Morgan fingerprint density at radius 3 is 2.40 bits per heavy atom. The fourth-order valence-corrected chi connectivity index (χ4v) is 4.08. The van der Waals surface area contributed by atoms with Crippen molar-refractivity contribution in [1.29, 1.82) is 0 Å². The van der Waals surface area contributed by atoms with Gasteiger partial charge in [-0.05, 0) is 48.9 Å². The van der Waals surface area contributed by atoms with Gasteiger partial charge in [-0.1, -0.05) is 42.5 Å². The molecule has 0 atom stereocenters. The summed E-state index contributed by atoms with van der Waals surface area (Å²) < 4.78 is 1.82. The minimum Gasteiger partial charge on any atom is -0.366 e. The van der Waals surface area contributed by atoms with E-state index in [1.807, 2.05) is 22.8 Å². The number of hydrogen-bond donors (Lipinski definition) is 3. The van der Waals surface area contributed by atoms with Crippen LogP contribution in [-0.4, -0.2) is 26.7 Å². The summed E-state index contributed by atoms with van der Waals surface area (Å²) in [4.78, 5) is 4.47. The van der Waals surface area contributed by atoms with Crippen LogP contribution >= 0.6 is 0 Å². The molecule has 0 saturated heterocycles. The number of nitrogens with one attached hydrogen (secondary N) is 2. The first-order valence-electron chi connectivity index (χ1n) is 10.5. The van der Waals surface area contributed by atoms with Gasteiger partial charge in [0.2, 0.25) is 0 Å². The van der Waals surface area contributed by atoms with Crippen LogP contribution < -0.4 is 16.4 Å². The minimum absolute atomic E-state index is 0.336. The smallest absolute Gasteiger partial charge is 0.177 e. The molecule has 2 aromatic heterocycles. The van der Waals surface area contributed by atoms with Crippen LogP contribution in [0.25, 0.3) is 16.8 Å². The van der Waals surface area contributed by atoms with Crippen molar-refractivity contribution in [3.05, 3.63) is 73.1 Å². The van der Waals surface area contributed by atoms with Gasteiger partial charge in [-0.2, -0.15) is 0 Å². The average Bonchev–Trinajstić information content (AvgIpc) is 3.26. The fraction of sp³-hybridized carbons (Fsp3) is 0.250. The predicted octanol–water partition coefficient (Wildman–Crippen LogP) is 4.82. The molecular formula is C24H26N6. The fourth-order valence-electron chi connectivity index (χ4n) is 4.08. The average molecular weight is 399 g/mol. The molecule has 2 aromatic carbocycles. The van der Waals surface area contributed by atoms with Gasteiger partial charge < -0.3 is 16.4 Å². The van der Waals surface area contributed by atoms with E-state index in [2.05, 4.69) is 69.2 Å². The Labute approximate surface area is 176 Å². The molecule has 4 aromatic rings. The van der Waals surface area contributed by atoms with Gasteiger partial charge in [-0.15, -0.1) is 5.10 Å². The summed E-state index contributed by atoms with van der Waals surface area (Å²) in [5.41, 5.74) is 11.2. The number of benzene rings is 2. The highest BCUT2D eigenvalue weighted by molar-refractivity contribution is 5.77. The number of fused-ring (bicyclic) bond motifs is 1. The summed E-state index contributed by atoms with van der Waals surface area (Å²) in [6.07, 6.45) is 7.92. The first kappa shape index (κ1) is 18.6. The third-order valence-corrected chi connectivity index (χ3v) is 5.75. The van der Waals surface area contributed by atoms with Crippen LogP contribution in [-0.2, 0) is 0 Å². The van der Waals surface area contributed by atoms with E-state index in [9.17, 15) is 0 Å². The number of nitrogens with zero attached hydrogens (tertiary/aromatic N) is 3. The number of anilines is 3. The quantitative estimate of drug-likeness (QED) is 0.449. The van der Waals surface area contributed by atoms with Crippen molar-refractivity contribution in [1.82, 2.24) is 14.6 Å². The van der Waals surface area contributed by atoms with Gasteiger partial charge in [0.25, 0.3) is 0 Å². The second-order valence-electron chi connectivity index (χ2n) is 7.96. The van der Waals surface area contributed by atoms with Gasteiger partial charge in [-0.25, -0.2) is 9.50 Å². The number of imidazole rings is 1. The molecule has 0 aliphatic heterocycles. The molecule has 1 saturated carbocycles. The zero-order valence-corrected chi connectivity index (χ0v) is 16.8. The van der Waals surface area contributed by atoms with Gasteiger partial charge in [0, 0.05) is 36.2 Å². The van der Waals surface area contributed by atoms with Gasteiger partial charge in [0.15, 0.2) is 5.65 Å². The summed E-state index contributed by atoms with van der Waals surface area (Å²) >= 11 is 0. The highest BCUT2D eigenvalue weighted by Crippen LogP contribution is 2.27. The predicted molar refractivity (Wildman–Crippen MR) is 122 cm³/mol. The molecule has 5 rings (SSSR count). The summed E-state index contributed by atoms with van der Waals surface area (Å²) in [7, 11) is 0. The van der Waals surface area contributed by atoms with Crippen molar-refractivity contribution in [3.63, 3.8) is 0 Å². The molecule has 6 heteroatoms. The zero-order valence-electron chi connectivity index (χ0n) is 16.8. The third-order valence-electron chi connectivity index (χ3n) is 5.75. The molecule has 2 heterocycles. The Hall–Kier alpha value is -3.38. The van der Waals surface area contributed by atoms with Crippen LogP contribution in [0, 0.1) is 0 Å². The summed E-state index contributed by atoms with van der Waals surface area (Å²) in [5, 5.41) is 11.8. The van der Waals surface area contributed by atoms with Crippen LogP contribution in [0.15, 0.2) is 73.1 Å². The van der Waals surface area contributed by atoms with Crippen molar-refractivity contribution >= 4 is 22.8 Å². The van der Waals surface area contributed by atoms with E-state index in [-0.39, 0.29) is 0 Å². The lowest BCUT2D eigenvalue weighted by atomic mass is 9.92. The largest absolute Gasteiger partial charge is 0.366 e. The molecule has 1 aliphatic carbocycles. The molecule has 0 unspecified atom stereocenters. The van der Waals surface area contributed by atoms with Crippen LogP contribution in [0.3, 0.4) is 0 Å². The molecule has 152 valence electrons. The summed E-state index contributed by atoms with van der Waals surface area (Å²) in [5.74, 6) is 0.851. The topological polar surface area (TPSA) is 80.3 Å². The monoisotopic (exact) mass is 398 g/mol. The van der Waals surface area contributed by atoms with E-state index in [4.69, 9.17) is 5.73 Å². The van der Waals surface area contributed by atoms with Crippen molar-refractivity contribution < 1.29 is 0 Å². The first-order chi connectivity index (χ1) is 14.7. The Morgan fingerprint density at radius 1 is 0.900 bits per heavy atom. The Morgan fingerprint density at radius 2 is 1.63 bits per heavy atom. The molecule has 0 amide bonds. The maximum Gasteiger partial charge on any atom is 0.177 e. The summed E-state index contributed by atoms with van der Waals surface area (Å²) in [6.45, 7) is 0. The molecular weight excluding hydrogens is 372 g/mol. The second-order valence-corrected chi connectivity index (χ2v) is 7.96. The Kier molecular flexibility index (Phi) is 5.07. The summed E-state index contributed by atoms with van der Waals surface area (Å²) in [6, 6.07) is 21.6. The lowest BCUT2D eigenvalue weighted by Crippen LogP contribution is -2.33. The highest BCUT2D eigenvalue weighted by Gasteiger charge is 2.19. The van der Waals surface area contributed by atoms with Crippen molar-refractivity contribution in [2.75, 3.05) is 10.6 Å². The minimum atomic E-state index is 0.336. The maximum absolute atomic E-state index is 6.04. The number of rotatable bonds is 5. The van der Waals surface area contributed by atoms with Crippen molar-refractivity contribution in [2.45, 2.75) is 37.8 Å². The van der Waals surface area contributed by atoms with Crippen LogP contribution in [0.4, 0.5) is 17.2 Å². The Balaban J connectivity index is 1.38. The van der Waals surface area contributed by atoms with E-state index in [0.717, 1.165) is 48.5 Å². The number of aromatic nitrogens is 3. The molecule has 0 spiro atoms. The van der Waals surface area contributed by atoms with Crippen LogP contribution in [0.5, 0.6) is 0 Å². The van der Waals surface area contributed by atoms with E-state index in [1.54, 1.807) is 6.20 Å². The lowest BCUT2D eigenvalue weighted by molar-refractivity contribution is 0.410. The molecule has 6 nitrogen and oxygen atoms in total. The van der Waals surface area contributed by atoms with E-state index in [1.165, 1.54) is 11.1 Å². The number of nitrogens with two attached hydrogens (primary N) is 1. The van der Waals surface area contributed by atoms with Gasteiger partial charge in [0.1, 0.15) is 5.82 Å². The lowest BCUT2D eigenvalue weighted by Gasteiger charge is -2.27. The standard InChI is InChI=1S/C24H26N6/c25-19-8-12-21(13-9-19)28-23-16-22(24-26-14-15-30(24)29-23)27-20-10-6-18(7-11-20)17-4-2-1-3-5-17/h1-7,10-11,14-16,19,21,27H,8-9,12-13,25H2,(H,28,29). The first-order valence-corrected chi connectivity index (χ1v) is 10.5. The van der Waals surface area contributed by atoms with E-state index >= 15 is 0 Å². The molecule has 0 bridgehead atoms. The van der Waals surface area contributed by atoms with Crippen molar-refractivity contribution in [3.8, 4) is 11.1 Å². The van der Waals surface area contributed by atoms with Gasteiger partial charge in [0.05, 0.1) is 5.69 Å². The molecule has 1 aliphatic rings. The van der Waals surface area contributed by atoms with Gasteiger partial charge >= 0.3 is 0 Å². The second kappa shape index (κ2) is 8.16. The zero-order chi connectivity index (χ0) is 20.3.